The summed E-state index contributed by atoms with van der Waals surface area (Å²) in [4.78, 5) is 19.5. The summed E-state index contributed by atoms with van der Waals surface area (Å²) in [7, 11) is 0. The number of rotatable bonds is 4. The Morgan fingerprint density at radius 2 is 1.47 bits per heavy atom. The van der Waals surface area contributed by atoms with Gasteiger partial charge in [-0.1, -0.05) is 6.92 Å². The van der Waals surface area contributed by atoms with Gasteiger partial charge in [-0.15, -0.1) is 13.2 Å². The summed E-state index contributed by atoms with van der Waals surface area (Å²) in [5.41, 5.74) is 9.70. The molecule has 0 aromatic heterocycles. The van der Waals surface area contributed by atoms with Crippen LogP contribution in [0.3, 0.4) is 0 Å². The number of nitrogens with two attached hydrogens (primary N) is 2. The van der Waals surface area contributed by atoms with Crippen molar-refractivity contribution in [1.29, 1.82) is 0 Å². The summed E-state index contributed by atoms with van der Waals surface area (Å²) < 4.78 is 0. The smallest absolute Gasteiger partial charge is 0.222 e. The van der Waals surface area contributed by atoms with Crippen molar-refractivity contribution >= 4 is 0 Å². The molecule has 4 N–H and O–H groups in total. The molecule has 0 atom stereocenters. The van der Waals surface area contributed by atoms with Crippen molar-refractivity contribution in [3.05, 3.63) is 33.4 Å². The van der Waals surface area contributed by atoms with Gasteiger partial charge in [-0.2, -0.15) is 0 Å². The van der Waals surface area contributed by atoms with E-state index in [-0.39, 0.29) is 18.2 Å². The molecule has 0 radical (unpaired) electrons. The van der Waals surface area contributed by atoms with Crippen LogP contribution in [0.5, 0.6) is 0 Å². The molecule has 0 unspecified atom stereocenters. The zero-order valence-corrected chi connectivity index (χ0v) is 8.66. The third kappa shape index (κ3) is 15.1. The highest BCUT2D eigenvalue weighted by atomic mass is 16.8. The predicted octanol–water partition coefficient (Wildman–Crippen LogP) is -0.602. The fourth-order valence-corrected chi connectivity index (χ4v) is 0.338. The highest BCUT2D eigenvalue weighted by Gasteiger charge is 2.24. The van der Waals surface area contributed by atoms with E-state index in [0.29, 0.717) is 0 Å². The lowest BCUT2D eigenvalue weighted by molar-refractivity contribution is -0.906. The van der Waals surface area contributed by atoms with E-state index in [1.807, 2.05) is 6.92 Å². The fraction of sp³-hybridized carbons (Fsp3) is 0.667. The lowest BCUT2D eigenvalue weighted by Gasteiger charge is -1.99. The highest BCUT2D eigenvalue weighted by molar-refractivity contribution is 4.31. The van der Waals surface area contributed by atoms with Crippen LogP contribution < -0.4 is 11.5 Å². The molecule has 0 aromatic rings. The molecular weight excluding hydrogens is 206 g/mol. The van der Waals surface area contributed by atoms with Crippen LogP contribution in [0.1, 0.15) is 6.92 Å². The van der Waals surface area contributed by atoms with E-state index >= 15 is 0 Å². The van der Waals surface area contributed by atoms with Crippen molar-refractivity contribution in [1.82, 2.24) is 5.12 Å². The Morgan fingerprint density at radius 1 is 1.20 bits per heavy atom. The van der Waals surface area contributed by atoms with Crippen molar-refractivity contribution in [2.75, 3.05) is 19.6 Å². The number of nitro groups is 2. The standard InChI is InChI=1S/C2H6N4O4.C2H7N.C2H4/c3-1-2-4(5(7)8)6(9)10;1-2-3;1-2/h1-3H2;2-3H2,1H3;1-2H2. The largest absolute Gasteiger partial charge is 0.331 e. The minimum atomic E-state index is -1.12. The molecule has 90 valence electrons. The second kappa shape index (κ2) is 14.8. The number of nitrogens with zero attached hydrogens (tertiary/aromatic N) is 3. The minimum Gasteiger partial charge on any atom is -0.331 e. The molecule has 9 heteroatoms. The summed E-state index contributed by atoms with van der Waals surface area (Å²) in [6.07, 6.45) is 0. The van der Waals surface area contributed by atoms with Crippen molar-refractivity contribution in [2.45, 2.75) is 6.92 Å². The van der Waals surface area contributed by atoms with Crippen LogP contribution in [0.2, 0.25) is 0 Å². The van der Waals surface area contributed by atoms with Crippen LogP contribution in [0.25, 0.3) is 0 Å². The summed E-state index contributed by atoms with van der Waals surface area (Å²) >= 11 is 0. The highest BCUT2D eigenvalue weighted by Crippen LogP contribution is 1.85. The zero-order valence-electron chi connectivity index (χ0n) is 8.66. The van der Waals surface area contributed by atoms with Crippen LogP contribution in [-0.2, 0) is 0 Å². The molecule has 0 spiro atoms. The monoisotopic (exact) mass is 223 g/mol. The van der Waals surface area contributed by atoms with E-state index in [1.54, 1.807) is 0 Å². The Balaban J connectivity index is -0.000000245. The van der Waals surface area contributed by atoms with Crippen molar-refractivity contribution < 1.29 is 10.1 Å². The molecule has 0 aromatic carbocycles. The normalized spacial score (nSPS) is 7.40. The van der Waals surface area contributed by atoms with E-state index in [4.69, 9.17) is 11.5 Å². The third-order valence-corrected chi connectivity index (χ3v) is 0.706. The average Bonchev–Trinajstić information content (AvgIpc) is 2.17. The van der Waals surface area contributed by atoms with Gasteiger partial charge in [0.2, 0.25) is 10.1 Å². The molecule has 9 nitrogen and oxygen atoms in total. The number of hydrazine groups is 2. The topological polar surface area (TPSA) is 142 Å². The average molecular weight is 223 g/mol. The van der Waals surface area contributed by atoms with E-state index in [1.165, 1.54) is 0 Å². The molecule has 0 aliphatic heterocycles. The maximum Gasteiger partial charge on any atom is 0.222 e. The number of hydrogen-bond acceptors (Lipinski definition) is 6. The van der Waals surface area contributed by atoms with Gasteiger partial charge in [0.15, 0.2) is 11.7 Å². The SMILES string of the molecule is C=C.CCN.NCCN([N+](=O)[O-])[N+](=O)[O-]. The minimum absolute atomic E-state index is 0.123. The maximum atomic E-state index is 9.77. The molecule has 0 aliphatic carbocycles. The van der Waals surface area contributed by atoms with Crippen LogP contribution in [0.15, 0.2) is 13.2 Å². The maximum absolute atomic E-state index is 9.77. The van der Waals surface area contributed by atoms with Crippen LogP contribution >= 0.6 is 0 Å². The Kier molecular flexibility index (Phi) is 18.6. The van der Waals surface area contributed by atoms with Gasteiger partial charge >= 0.3 is 0 Å². The second-order valence-electron chi connectivity index (χ2n) is 1.77. The Morgan fingerprint density at radius 3 is 1.53 bits per heavy atom. The fourth-order valence-electron chi connectivity index (χ4n) is 0.338. The van der Waals surface area contributed by atoms with Crippen molar-refractivity contribution in [3.8, 4) is 0 Å². The van der Waals surface area contributed by atoms with Crippen LogP contribution in [-0.4, -0.2) is 34.8 Å². The third-order valence-electron chi connectivity index (χ3n) is 0.706. The Bertz CT molecular complexity index is 163. The number of hydrogen-bond donors (Lipinski definition) is 2. The first-order valence-corrected chi connectivity index (χ1v) is 3.97. The van der Waals surface area contributed by atoms with Gasteiger partial charge < -0.3 is 11.5 Å². The van der Waals surface area contributed by atoms with Crippen molar-refractivity contribution in [3.63, 3.8) is 0 Å². The van der Waals surface area contributed by atoms with E-state index in [0.717, 1.165) is 6.54 Å². The Hall–Kier alpha value is -1.74. The van der Waals surface area contributed by atoms with Gasteiger partial charge in [0.25, 0.3) is 0 Å². The lowest BCUT2D eigenvalue weighted by atomic mass is 10.7. The first kappa shape index (κ1) is 18.9. The van der Waals surface area contributed by atoms with Gasteiger partial charge in [0, 0.05) is 6.54 Å². The first-order valence-electron chi connectivity index (χ1n) is 3.97. The summed E-state index contributed by atoms with van der Waals surface area (Å²) in [5, 5.41) is 17.1. The summed E-state index contributed by atoms with van der Waals surface area (Å²) in [6.45, 7) is 8.14. The molecule has 0 heterocycles. The molecule has 0 amide bonds. The van der Waals surface area contributed by atoms with Gasteiger partial charge in [0.05, 0.1) is 0 Å². The molecule has 0 saturated carbocycles. The quantitative estimate of drug-likeness (QED) is 0.368. The van der Waals surface area contributed by atoms with E-state index in [2.05, 4.69) is 13.2 Å². The van der Waals surface area contributed by atoms with Gasteiger partial charge in [-0.25, -0.2) is 20.2 Å². The van der Waals surface area contributed by atoms with E-state index < -0.39 is 10.1 Å². The van der Waals surface area contributed by atoms with Gasteiger partial charge in [-0.05, 0) is 6.54 Å². The van der Waals surface area contributed by atoms with Crippen LogP contribution in [0.4, 0.5) is 0 Å². The van der Waals surface area contributed by atoms with Crippen molar-refractivity contribution in [2.24, 2.45) is 11.5 Å². The summed E-state index contributed by atoms with van der Waals surface area (Å²) in [5.74, 6) is 0. The second-order valence-corrected chi connectivity index (χ2v) is 1.77. The molecule has 0 aliphatic rings. The van der Waals surface area contributed by atoms with Gasteiger partial charge in [0.1, 0.15) is 0 Å². The molecule has 0 bridgehead atoms. The molecule has 0 fully saturated rings. The predicted molar refractivity (Wildman–Crippen MR) is 55.7 cm³/mol. The molecule has 0 rings (SSSR count). The Labute approximate surface area is 87.6 Å². The molecular formula is C6H17N5O4. The lowest BCUT2D eigenvalue weighted by Crippen LogP contribution is -2.39. The van der Waals surface area contributed by atoms with Crippen LogP contribution in [0, 0.1) is 20.2 Å². The van der Waals surface area contributed by atoms with E-state index in [9.17, 15) is 20.2 Å². The molecule has 0 saturated heterocycles. The zero-order chi connectivity index (χ0) is 12.9. The summed E-state index contributed by atoms with van der Waals surface area (Å²) in [6, 6.07) is 0. The first-order chi connectivity index (χ1) is 7.01. The van der Waals surface area contributed by atoms with Gasteiger partial charge in [-0.3, -0.25) is 0 Å². The molecule has 15 heavy (non-hydrogen) atoms.